The lowest BCUT2D eigenvalue weighted by molar-refractivity contribution is -0.118. The largest absolute Gasteiger partial charge is 0.370 e. The Morgan fingerprint density at radius 3 is 2.59 bits per heavy atom. The molecule has 0 saturated carbocycles. The first-order chi connectivity index (χ1) is 7.90. The molecule has 2 amide bonds. The van der Waals surface area contributed by atoms with Crippen molar-refractivity contribution in [3.63, 3.8) is 0 Å². The topological polar surface area (TPSA) is 72.2 Å². The first-order valence-corrected chi connectivity index (χ1v) is 6.53. The average molecular weight is 364 g/mol. The molecule has 6 heteroatoms. The Hall–Kier alpha value is -0.880. The van der Waals surface area contributed by atoms with Gasteiger partial charge in [0.05, 0.1) is 5.56 Å². The fraction of sp³-hybridized carbons (Fsp3) is 0.273. The van der Waals surface area contributed by atoms with Crippen LogP contribution in [0.15, 0.2) is 27.1 Å². The number of benzene rings is 1. The highest BCUT2D eigenvalue weighted by atomic mass is 79.9. The number of nitrogens with two attached hydrogens (primary N) is 1. The molecule has 0 radical (unpaired) electrons. The van der Waals surface area contributed by atoms with Gasteiger partial charge in [0.25, 0.3) is 5.91 Å². The van der Waals surface area contributed by atoms with E-state index in [-0.39, 0.29) is 18.4 Å². The molecule has 17 heavy (non-hydrogen) atoms. The van der Waals surface area contributed by atoms with Crippen molar-refractivity contribution in [3.8, 4) is 0 Å². The SMILES string of the molecule is CC(CC(N)=O)NC(=O)c1ccc(Br)cc1Br. The molecule has 0 aliphatic heterocycles. The van der Waals surface area contributed by atoms with E-state index in [9.17, 15) is 9.59 Å². The van der Waals surface area contributed by atoms with Gasteiger partial charge < -0.3 is 11.1 Å². The summed E-state index contributed by atoms with van der Waals surface area (Å²) in [6, 6.07) is 4.97. The van der Waals surface area contributed by atoms with Crippen LogP contribution in [0.1, 0.15) is 23.7 Å². The van der Waals surface area contributed by atoms with Crippen LogP contribution in [0, 0.1) is 0 Å². The van der Waals surface area contributed by atoms with E-state index in [1.807, 2.05) is 0 Å². The lowest BCUT2D eigenvalue weighted by atomic mass is 10.2. The van der Waals surface area contributed by atoms with Crippen molar-refractivity contribution in [1.82, 2.24) is 5.32 Å². The van der Waals surface area contributed by atoms with Crippen molar-refractivity contribution in [2.75, 3.05) is 0 Å². The van der Waals surface area contributed by atoms with Crippen LogP contribution in [0.4, 0.5) is 0 Å². The second-order valence-corrected chi connectivity index (χ2v) is 5.44. The summed E-state index contributed by atoms with van der Waals surface area (Å²) >= 11 is 6.61. The fourth-order valence-corrected chi connectivity index (χ4v) is 2.56. The van der Waals surface area contributed by atoms with Gasteiger partial charge in [-0.15, -0.1) is 0 Å². The molecule has 92 valence electrons. The van der Waals surface area contributed by atoms with Crippen molar-refractivity contribution < 1.29 is 9.59 Å². The predicted molar refractivity (Wildman–Crippen MR) is 72.6 cm³/mol. The number of carbonyl (C=O) groups excluding carboxylic acids is 2. The Morgan fingerprint density at radius 1 is 1.41 bits per heavy atom. The molecule has 4 nitrogen and oxygen atoms in total. The van der Waals surface area contributed by atoms with E-state index in [4.69, 9.17) is 5.73 Å². The number of hydrogen-bond acceptors (Lipinski definition) is 2. The third-order valence-electron chi connectivity index (χ3n) is 2.06. The molecule has 3 N–H and O–H groups in total. The summed E-state index contributed by atoms with van der Waals surface area (Å²) in [5.74, 6) is -0.675. The minimum absolute atomic E-state index is 0.125. The Kier molecular flexibility index (Phi) is 5.14. The van der Waals surface area contributed by atoms with Gasteiger partial charge in [-0.1, -0.05) is 15.9 Å². The van der Waals surface area contributed by atoms with E-state index < -0.39 is 5.91 Å². The van der Waals surface area contributed by atoms with Gasteiger partial charge in [-0.25, -0.2) is 0 Å². The zero-order valence-electron chi connectivity index (χ0n) is 9.17. The third kappa shape index (κ3) is 4.47. The number of carbonyl (C=O) groups is 2. The van der Waals surface area contributed by atoms with E-state index in [0.717, 1.165) is 4.47 Å². The van der Waals surface area contributed by atoms with Crippen LogP contribution in [0.3, 0.4) is 0 Å². The van der Waals surface area contributed by atoms with Crippen molar-refractivity contribution in [3.05, 3.63) is 32.7 Å². The molecule has 1 atom stereocenters. The quantitative estimate of drug-likeness (QED) is 0.860. The van der Waals surface area contributed by atoms with Gasteiger partial charge in [0.1, 0.15) is 0 Å². The van der Waals surface area contributed by atoms with Gasteiger partial charge in [-0.05, 0) is 41.1 Å². The lowest BCUT2D eigenvalue weighted by Gasteiger charge is -2.12. The van der Waals surface area contributed by atoms with E-state index >= 15 is 0 Å². The maximum Gasteiger partial charge on any atom is 0.252 e. The molecule has 0 heterocycles. The third-order valence-corrected chi connectivity index (χ3v) is 3.21. The van der Waals surface area contributed by atoms with Crippen LogP contribution < -0.4 is 11.1 Å². The summed E-state index contributed by atoms with van der Waals surface area (Å²) in [4.78, 5) is 22.6. The number of amides is 2. The molecule has 0 aromatic heterocycles. The highest BCUT2D eigenvalue weighted by molar-refractivity contribution is 9.11. The summed E-state index contributed by atoms with van der Waals surface area (Å²) < 4.78 is 1.57. The van der Waals surface area contributed by atoms with Crippen LogP contribution in [-0.2, 0) is 4.79 Å². The van der Waals surface area contributed by atoms with Crippen LogP contribution in [0.25, 0.3) is 0 Å². The maximum atomic E-state index is 11.9. The molecule has 0 aliphatic rings. The zero-order chi connectivity index (χ0) is 13.0. The zero-order valence-corrected chi connectivity index (χ0v) is 12.3. The molecule has 0 bridgehead atoms. The molecule has 1 aromatic rings. The van der Waals surface area contributed by atoms with Gasteiger partial charge >= 0.3 is 0 Å². The van der Waals surface area contributed by atoms with Crippen molar-refractivity contribution in [2.45, 2.75) is 19.4 Å². The summed E-state index contributed by atoms with van der Waals surface area (Å²) in [6.45, 7) is 1.73. The predicted octanol–water partition coefficient (Wildman–Crippen LogP) is 2.21. The van der Waals surface area contributed by atoms with Crippen LogP contribution in [0.2, 0.25) is 0 Å². The fourth-order valence-electron chi connectivity index (χ4n) is 1.33. The van der Waals surface area contributed by atoms with Crippen molar-refractivity contribution in [2.24, 2.45) is 5.73 Å². The maximum absolute atomic E-state index is 11.9. The number of primary amides is 1. The highest BCUT2D eigenvalue weighted by Gasteiger charge is 2.14. The van der Waals surface area contributed by atoms with Gasteiger partial charge in [0.2, 0.25) is 5.91 Å². The smallest absolute Gasteiger partial charge is 0.252 e. The molecule has 0 spiro atoms. The second-order valence-electron chi connectivity index (χ2n) is 3.67. The van der Waals surface area contributed by atoms with E-state index in [2.05, 4.69) is 37.2 Å². The average Bonchev–Trinajstić information content (AvgIpc) is 2.15. The Labute approximate surface area is 116 Å². The molecule has 1 unspecified atom stereocenters. The number of halogens is 2. The standard InChI is InChI=1S/C11H12Br2N2O2/c1-6(4-10(14)16)15-11(17)8-3-2-7(12)5-9(8)13/h2-3,5-6H,4H2,1H3,(H2,14,16)(H,15,17). The second kappa shape index (κ2) is 6.16. The first-order valence-electron chi connectivity index (χ1n) is 4.94. The van der Waals surface area contributed by atoms with Gasteiger partial charge in [0.15, 0.2) is 0 Å². The van der Waals surface area contributed by atoms with E-state index in [1.165, 1.54) is 0 Å². The van der Waals surface area contributed by atoms with Gasteiger partial charge in [-0.2, -0.15) is 0 Å². The highest BCUT2D eigenvalue weighted by Crippen LogP contribution is 2.21. The Bertz CT molecular complexity index is 449. The molecule has 0 aliphatic carbocycles. The van der Waals surface area contributed by atoms with Crippen LogP contribution >= 0.6 is 31.9 Å². The summed E-state index contributed by atoms with van der Waals surface area (Å²) in [7, 11) is 0. The molecular weight excluding hydrogens is 352 g/mol. The summed E-state index contributed by atoms with van der Waals surface area (Å²) in [5.41, 5.74) is 5.57. The van der Waals surface area contributed by atoms with Gasteiger partial charge in [0, 0.05) is 21.4 Å². The van der Waals surface area contributed by atoms with E-state index in [0.29, 0.717) is 10.0 Å². The number of nitrogens with one attached hydrogen (secondary N) is 1. The van der Waals surface area contributed by atoms with Crippen molar-refractivity contribution >= 4 is 43.7 Å². The van der Waals surface area contributed by atoms with Gasteiger partial charge in [-0.3, -0.25) is 9.59 Å². The first kappa shape index (κ1) is 14.2. The molecular formula is C11H12Br2N2O2. The minimum atomic E-state index is -0.437. The molecule has 0 saturated heterocycles. The Balaban J connectivity index is 2.73. The Morgan fingerprint density at radius 2 is 2.06 bits per heavy atom. The summed E-state index contributed by atoms with van der Waals surface area (Å²) in [6.07, 6.45) is 0.125. The molecule has 0 fully saturated rings. The summed E-state index contributed by atoms with van der Waals surface area (Å²) in [5, 5.41) is 2.70. The molecule has 1 rings (SSSR count). The van der Waals surface area contributed by atoms with E-state index in [1.54, 1.807) is 25.1 Å². The van der Waals surface area contributed by atoms with Crippen LogP contribution in [-0.4, -0.2) is 17.9 Å². The monoisotopic (exact) mass is 362 g/mol. The van der Waals surface area contributed by atoms with Crippen molar-refractivity contribution in [1.29, 1.82) is 0 Å². The van der Waals surface area contributed by atoms with Crippen LogP contribution in [0.5, 0.6) is 0 Å². The minimum Gasteiger partial charge on any atom is -0.370 e. The normalized spacial score (nSPS) is 11.9. The number of hydrogen-bond donors (Lipinski definition) is 2. The molecule has 1 aromatic carbocycles. The lowest BCUT2D eigenvalue weighted by Crippen LogP contribution is -2.35. The number of rotatable bonds is 4.